The Morgan fingerprint density at radius 2 is 1.56 bits per heavy atom. The lowest BCUT2D eigenvalue weighted by Gasteiger charge is -2.26. The standard InChI is InChI=1S/C19H20N4O2/c1-14(21-19-18(23(24)25)20-13-22(19)2)17(15-9-5-3-6-10-15)16-11-7-4-8-12-16/h3-14,17,21H,1-2H3/t14-/m0/s1. The summed E-state index contributed by atoms with van der Waals surface area (Å²) in [6, 6.07) is 20.2. The summed E-state index contributed by atoms with van der Waals surface area (Å²) < 4.78 is 1.64. The minimum Gasteiger partial charge on any atom is -0.361 e. The third-order valence-corrected chi connectivity index (χ3v) is 4.27. The molecule has 3 aromatic rings. The molecule has 0 unspecified atom stereocenters. The number of nitro groups is 1. The van der Waals surface area contributed by atoms with Gasteiger partial charge in [0.05, 0.1) is 0 Å². The number of anilines is 1. The summed E-state index contributed by atoms with van der Waals surface area (Å²) in [5, 5.41) is 14.5. The van der Waals surface area contributed by atoms with E-state index in [2.05, 4.69) is 34.6 Å². The third kappa shape index (κ3) is 3.52. The van der Waals surface area contributed by atoms with Crippen LogP contribution in [0.15, 0.2) is 67.0 Å². The minimum absolute atomic E-state index is 0.0527. The Morgan fingerprint density at radius 1 is 1.04 bits per heavy atom. The van der Waals surface area contributed by atoms with Gasteiger partial charge in [0.15, 0.2) is 0 Å². The number of aryl methyl sites for hydroxylation is 1. The fourth-order valence-electron chi connectivity index (χ4n) is 3.11. The summed E-state index contributed by atoms with van der Waals surface area (Å²) >= 11 is 0. The average molecular weight is 336 g/mol. The van der Waals surface area contributed by atoms with E-state index in [1.807, 2.05) is 43.3 Å². The molecule has 6 heteroatoms. The topological polar surface area (TPSA) is 73.0 Å². The van der Waals surface area contributed by atoms with Gasteiger partial charge in [-0.05, 0) is 28.0 Å². The molecule has 3 rings (SSSR count). The lowest BCUT2D eigenvalue weighted by atomic mass is 9.86. The van der Waals surface area contributed by atoms with Gasteiger partial charge in [-0.2, -0.15) is 0 Å². The van der Waals surface area contributed by atoms with Gasteiger partial charge >= 0.3 is 5.82 Å². The Bertz CT molecular complexity index is 807. The number of aromatic nitrogens is 2. The van der Waals surface area contributed by atoms with Crippen LogP contribution >= 0.6 is 0 Å². The van der Waals surface area contributed by atoms with E-state index in [0.29, 0.717) is 5.82 Å². The number of hydrogen-bond donors (Lipinski definition) is 1. The summed E-state index contributed by atoms with van der Waals surface area (Å²) in [6.45, 7) is 2.03. The Kier molecular flexibility index (Phi) is 4.79. The van der Waals surface area contributed by atoms with Crippen LogP contribution in [0.3, 0.4) is 0 Å². The number of rotatable bonds is 6. The van der Waals surface area contributed by atoms with Crippen LogP contribution in [0.4, 0.5) is 11.6 Å². The third-order valence-electron chi connectivity index (χ3n) is 4.27. The molecule has 1 heterocycles. The maximum absolute atomic E-state index is 11.2. The largest absolute Gasteiger partial charge is 0.406 e. The first kappa shape index (κ1) is 16.7. The van der Waals surface area contributed by atoms with Crippen molar-refractivity contribution in [1.29, 1.82) is 0 Å². The van der Waals surface area contributed by atoms with Gasteiger partial charge in [0.1, 0.15) is 0 Å². The fourth-order valence-corrected chi connectivity index (χ4v) is 3.11. The van der Waals surface area contributed by atoms with Crippen molar-refractivity contribution in [3.05, 3.63) is 88.2 Å². The minimum atomic E-state index is -0.463. The van der Waals surface area contributed by atoms with Crippen molar-refractivity contribution in [2.24, 2.45) is 7.05 Å². The number of nitrogens with one attached hydrogen (secondary N) is 1. The molecule has 0 aliphatic carbocycles. The van der Waals surface area contributed by atoms with E-state index in [-0.39, 0.29) is 17.8 Å². The molecule has 0 bridgehead atoms. The van der Waals surface area contributed by atoms with E-state index in [0.717, 1.165) is 11.1 Å². The molecule has 2 aromatic carbocycles. The van der Waals surface area contributed by atoms with Gasteiger partial charge in [-0.3, -0.25) is 4.57 Å². The van der Waals surface area contributed by atoms with Crippen molar-refractivity contribution in [2.45, 2.75) is 18.9 Å². The highest BCUT2D eigenvalue weighted by molar-refractivity contribution is 5.53. The van der Waals surface area contributed by atoms with Crippen LogP contribution in [-0.2, 0) is 7.05 Å². The second-order valence-corrected chi connectivity index (χ2v) is 6.02. The van der Waals surface area contributed by atoms with Gasteiger partial charge < -0.3 is 15.4 Å². The monoisotopic (exact) mass is 336 g/mol. The van der Waals surface area contributed by atoms with Crippen molar-refractivity contribution in [3.8, 4) is 0 Å². The molecule has 0 aliphatic rings. The molecule has 1 aromatic heterocycles. The maximum atomic E-state index is 11.2. The number of benzene rings is 2. The van der Waals surface area contributed by atoms with E-state index in [9.17, 15) is 10.1 Å². The molecule has 0 saturated heterocycles. The van der Waals surface area contributed by atoms with Gasteiger partial charge in [-0.15, -0.1) is 0 Å². The van der Waals surface area contributed by atoms with Crippen molar-refractivity contribution in [1.82, 2.24) is 9.55 Å². The molecule has 0 spiro atoms. The Labute approximate surface area is 146 Å². The van der Waals surface area contributed by atoms with Crippen LogP contribution < -0.4 is 5.32 Å². The van der Waals surface area contributed by atoms with E-state index in [4.69, 9.17) is 0 Å². The molecule has 0 aliphatic heterocycles. The summed E-state index contributed by atoms with van der Waals surface area (Å²) in [5.74, 6) is 0.306. The smallest absolute Gasteiger partial charge is 0.361 e. The quantitative estimate of drug-likeness (QED) is 0.546. The van der Waals surface area contributed by atoms with Crippen LogP contribution in [-0.4, -0.2) is 20.5 Å². The Morgan fingerprint density at radius 3 is 2.04 bits per heavy atom. The number of hydrogen-bond acceptors (Lipinski definition) is 4. The number of imidazole rings is 1. The molecular formula is C19H20N4O2. The normalized spacial score (nSPS) is 12.1. The highest BCUT2D eigenvalue weighted by Crippen LogP contribution is 2.31. The van der Waals surface area contributed by atoms with E-state index < -0.39 is 4.92 Å². The zero-order chi connectivity index (χ0) is 17.8. The second-order valence-electron chi connectivity index (χ2n) is 6.02. The number of nitrogens with zero attached hydrogens (tertiary/aromatic N) is 3. The van der Waals surface area contributed by atoms with Crippen molar-refractivity contribution in [3.63, 3.8) is 0 Å². The Balaban J connectivity index is 1.97. The second kappa shape index (κ2) is 7.17. The molecule has 1 N–H and O–H groups in total. The van der Waals surface area contributed by atoms with E-state index in [1.165, 1.54) is 6.33 Å². The molecule has 1 atom stereocenters. The molecule has 6 nitrogen and oxygen atoms in total. The molecule has 0 amide bonds. The molecule has 0 saturated carbocycles. The summed E-state index contributed by atoms with van der Waals surface area (Å²) in [7, 11) is 1.75. The maximum Gasteiger partial charge on any atom is 0.406 e. The fraction of sp³-hybridized carbons (Fsp3) is 0.211. The lowest BCUT2D eigenvalue weighted by Crippen LogP contribution is -2.26. The van der Waals surface area contributed by atoms with Crippen LogP contribution in [0.2, 0.25) is 0 Å². The van der Waals surface area contributed by atoms with Gasteiger partial charge in [-0.25, -0.2) is 0 Å². The molecular weight excluding hydrogens is 316 g/mol. The summed E-state index contributed by atoms with van der Waals surface area (Å²) in [4.78, 5) is 14.6. The van der Waals surface area contributed by atoms with Gasteiger partial charge in [0.25, 0.3) is 0 Å². The van der Waals surface area contributed by atoms with Crippen molar-refractivity contribution in [2.75, 3.05) is 5.32 Å². The molecule has 0 fully saturated rings. The van der Waals surface area contributed by atoms with E-state index in [1.54, 1.807) is 11.6 Å². The predicted octanol–water partition coefficient (Wildman–Crippen LogP) is 3.96. The zero-order valence-corrected chi connectivity index (χ0v) is 14.2. The van der Waals surface area contributed by atoms with E-state index >= 15 is 0 Å². The molecule has 25 heavy (non-hydrogen) atoms. The zero-order valence-electron chi connectivity index (χ0n) is 14.2. The molecule has 0 radical (unpaired) electrons. The van der Waals surface area contributed by atoms with Gasteiger partial charge in [0, 0.05) is 19.0 Å². The highest BCUT2D eigenvalue weighted by Gasteiger charge is 2.26. The van der Waals surface area contributed by atoms with Crippen LogP contribution in [0, 0.1) is 10.1 Å². The first-order chi connectivity index (χ1) is 12.1. The summed E-state index contributed by atoms with van der Waals surface area (Å²) in [6.07, 6.45) is 1.45. The van der Waals surface area contributed by atoms with Crippen LogP contribution in [0.25, 0.3) is 0 Å². The SMILES string of the molecule is C[C@H](Nc1c([N+](=O)[O-])ncn1C)C(c1ccccc1)c1ccccc1. The molecule has 128 valence electrons. The van der Waals surface area contributed by atoms with Crippen LogP contribution in [0.5, 0.6) is 0 Å². The van der Waals surface area contributed by atoms with Gasteiger partial charge in [-0.1, -0.05) is 60.7 Å². The van der Waals surface area contributed by atoms with Crippen molar-refractivity contribution < 1.29 is 4.92 Å². The first-order valence-electron chi connectivity index (χ1n) is 8.10. The predicted molar refractivity (Wildman–Crippen MR) is 97.7 cm³/mol. The average Bonchev–Trinajstić information content (AvgIpc) is 2.98. The van der Waals surface area contributed by atoms with Crippen molar-refractivity contribution >= 4 is 11.6 Å². The van der Waals surface area contributed by atoms with Gasteiger partial charge in [0.2, 0.25) is 12.1 Å². The Hall–Kier alpha value is -3.15. The summed E-state index contributed by atoms with van der Waals surface area (Å²) in [5.41, 5.74) is 2.30. The highest BCUT2D eigenvalue weighted by atomic mass is 16.6. The lowest BCUT2D eigenvalue weighted by molar-refractivity contribution is -0.388. The first-order valence-corrected chi connectivity index (χ1v) is 8.10. The van der Waals surface area contributed by atoms with Crippen LogP contribution in [0.1, 0.15) is 24.0 Å².